The minimum absolute atomic E-state index is 0.00382. The van der Waals surface area contributed by atoms with Gasteiger partial charge in [0.2, 0.25) is 0 Å². The molecule has 0 heterocycles. The van der Waals surface area contributed by atoms with E-state index in [2.05, 4.69) is 70.5 Å². The number of carbonyl (C=O) groups is 3. The molecule has 0 fully saturated rings. The largest absolute Gasteiger partial charge is 0.462 e. The molecule has 0 aliphatic carbocycles. The van der Waals surface area contributed by atoms with Crippen LogP contribution in [0.3, 0.4) is 0 Å². The molecule has 0 bridgehead atoms. The molecule has 1 atom stereocenters. The molecule has 0 radical (unpaired) electrons. The summed E-state index contributed by atoms with van der Waals surface area (Å²) >= 11 is 0. The van der Waals surface area contributed by atoms with Crippen LogP contribution in [0.2, 0.25) is 0 Å². The quantitative estimate of drug-likeness (QED) is 0.0227. The van der Waals surface area contributed by atoms with Crippen LogP contribution in [-0.2, 0) is 42.2 Å². The molecule has 0 spiro atoms. The number of nitrogens with one attached hydrogen (secondary N) is 1. The fourth-order valence-corrected chi connectivity index (χ4v) is 13.9. The van der Waals surface area contributed by atoms with Gasteiger partial charge in [-0.25, -0.2) is 9.65 Å². The Balaban J connectivity index is -0.00000216. The third kappa shape index (κ3) is 83.5. The van der Waals surface area contributed by atoms with Crippen molar-refractivity contribution < 1.29 is 47.3 Å². The van der Waals surface area contributed by atoms with E-state index in [1.54, 1.807) is 0 Å². The normalized spacial score (nSPS) is 12.2. The van der Waals surface area contributed by atoms with Crippen LogP contribution in [-0.4, -0.2) is 125 Å². The minimum atomic E-state index is -3.43. The average Bonchev–Trinajstić information content (AvgIpc) is 1.01. The van der Waals surface area contributed by atoms with Crippen molar-refractivity contribution in [1.82, 2.24) is 14.9 Å². The second-order valence-electron chi connectivity index (χ2n) is 29.8. The Morgan fingerprint density at radius 3 is 0.808 bits per heavy atom. The third-order valence-corrected chi connectivity index (χ3v) is 20.6. The lowest BCUT2D eigenvalue weighted by Crippen LogP contribution is -2.21. The first kappa shape index (κ1) is 102. The van der Waals surface area contributed by atoms with Crippen LogP contribution in [0.1, 0.15) is 433 Å². The van der Waals surface area contributed by atoms with Gasteiger partial charge in [0.1, 0.15) is 18.3 Å². The summed E-state index contributed by atoms with van der Waals surface area (Å²) in [5, 5.41) is 11.9. The SMILES string of the molecule is CCCCCCCCC(CCCCCCCC)OC(=O)CCCCCCCO.CCCCCCCCC(CCCCCCCC)OC(=O)CCCCCCCOP(=O)(NCCCN(C)C)OCCCCCCC(=O)OC(CCCCCCCC)CCCCCCCC.CN(C)CCCN. The average molecular weight is 1430 g/mol. The summed E-state index contributed by atoms with van der Waals surface area (Å²) in [6, 6.07) is 0. The monoisotopic (exact) mass is 1430 g/mol. The van der Waals surface area contributed by atoms with Gasteiger partial charge < -0.3 is 34.9 Å². The molecule has 0 amide bonds. The molecular formula is C84H173N4O10P. The van der Waals surface area contributed by atoms with E-state index in [1.807, 2.05) is 14.1 Å². The zero-order chi connectivity index (χ0) is 73.4. The lowest BCUT2D eigenvalue weighted by atomic mass is 10.0. The number of carbonyl (C=O) groups excluding carboxylic acids is 3. The molecule has 4 N–H and O–H groups in total. The molecule has 1 unspecified atom stereocenters. The summed E-state index contributed by atoms with van der Waals surface area (Å²) in [6.07, 6.45) is 68.5. The number of ether oxygens (including phenoxy) is 3. The van der Waals surface area contributed by atoms with Crippen molar-refractivity contribution in [1.29, 1.82) is 0 Å². The molecule has 0 aliphatic rings. The van der Waals surface area contributed by atoms with Gasteiger partial charge in [-0.05, 0) is 176 Å². The van der Waals surface area contributed by atoms with Crippen LogP contribution in [0.5, 0.6) is 0 Å². The Morgan fingerprint density at radius 2 is 0.566 bits per heavy atom. The van der Waals surface area contributed by atoms with Crippen molar-refractivity contribution in [3.63, 3.8) is 0 Å². The zero-order valence-electron chi connectivity index (χ0n) is 67.9. The Kier molecular flexibility index (Phi) is 85.8. The molecular weight excluding hydrogens is 1260 g/mol. The summed E-state index contributed by atoms with van der Waals surface area (Å²) in [5.41, 5.74) is 5.25. The number of aliphatic hydroxyl groups is 1. The summed E-state index contributed by atoms with van der Waals surface area (Å²) in [7, 11) is 4.74. The van der Waals surface area contributed by atoms with Gasteiger partial charge in [0.15, 0.2) is 0 Å². The first-order valence-electron chi connectivity index (χ1n) is 43.0. The topological polar surface area (TPSA) is 179 Å². The van der Waals surface area contributed by atoms with Crippen LogP contribution in [0.15, 0.2) is 0 Å². The van der Waals surface area contributed by atoms with E-state index in [0.29, 0.717) is 39.0 Å². The lowest BCUT2D eigenvalue weighted by Gasteiger charge is -2.20. The van der Waals surface area contributed by atoms with Crippen LogP contribution in [0.4, 0.5) is 0 Å². The highest BCUT2D eigenvalue weighted by Gasteiger charge is 2.24. The molecule has 0 saturated carbocycles. The number of esters is 3. The number of nitrogens with zero attached hydrogens (tertiary/aromatic N) is 2. The fourth-order valence-electron chi connectivity index (χ4n) is 12.5. The Labute approximate surface area is 616 Å². The molecule has 15 heteroatoms. The van der Waals surface area contributed by atoms with E-state index in [4.69, 9.17) is 34.1 Å². The number of unbranched alkanes of at least 4 members (excludes halogenated alkanes) is 41. The molecule has 0 aliphatic heterocycles. The molecule has 14 nitrogen and oxygen atoms in total. The molecule has 0 aromatic rings. The van der Waals surface area contributed by atoms with Crippen molar-refractivity contribution in [2.24, 2.45) is 5.73 Å². The maximum Gasteiger partial charge on any atom is 0.405 e. The zero-order valence-corrected chi connectivity index (χ0v) is 68.8. The van der Waals surface area contributed by atoms with E-state index in [-0.39, 0.29) is 42.8 Å². The van der Waals surface area contributed by atoms with E-state index in [0.717, 1.165) is 187 Å². The summed E-state index contributed by atoms with van der Waals surface area (Å²) in [4.78, 5) is 42.1. The first-order valence-corrected chi connectivity index (χ1v) is 44.6. The first-order chi connectivity index (χ1) is 48.2. The maximum atomic E-state index is 13.7. The van der Waals surface area contributed by atoms with Crippen molar-refractivity contribution in [2.75, 3.05) is 74.2 Å². The highest BCUT2D eigenvalue weighted by atomic mass is 31.2. The number of hydrogen-bond acceptors (Lipinski definition) is 13. The van der Waals surface area contributed by atoms with Gasteiger partial charge in [0.05, 0.1) is 13.2 Å². The van der Waals surface area contributed by atoms with Gasteiger partial charge in [-0.2, -0.15) is 0 Å². The maximum absolute atomic E-state index is 13.7. The van der Waals surface area contributed by atoms with Crippen LogP contribution >= 0.6 is 7.75 Å². The van der Waals surface area contributed by atoms with Gasteiger partial charge in [-0.3, -0.25) is 23.4 Å². The van der Waals surface area contributed by atoms with Gasteiger partial charge in [0.25, 0.3) is 0 Å². The Bertz CT molecular complexity index is 1620. The second-order valence-corrected chi connectivity index (χ2v) is 31.6. The van der Waals surface area contributed by atoms with Crippen molar-refractivity contribution in [3.8, 4) is 0 Å². The fraction of sp³-hybridized carbons (Fsp3) is 0.964. The van der Waals surface area contributed by atoms with Crippen molar-refractivity contribution >= 4 is 25.7 Å². The highest BCUT2D eigenvalue weighted by molar-refractivity contribution is 7.51. The van der Waals surface area contributed by atoms with E-state index < -0.39 is 7.75 Å². The highest BCUT2D eigenvalue weighted by Crippen LogP contribution is 2.44. The van der Waals surface area contributed by atoms with Crippen LogP contribution < -0.4 is 10.8 Å². The third-order valence-electron chi connectivity index (χ3n) is 18.9. The predicted octanol–water partition coefficient (Wildman–Crippen LogP) is 24.4. The number of nitrogens with two attached hydrogens (primary N) is 1. The van der Waals surface area contributed by atoms with E-state index in [1.165, 1.54) is 205 Å². The molecule has 0 saturated heterocycles. The smallest absolute Gasteiger partial charge is 0.405 e. The summed E-state index contributed by atoms with van der Waals surface area (Å²) < 4.78 is 43.4. The van der Waals surface area contributed by atoms with Gasteiger partial charge in [0, 0.05) is 32.4 Å². The molecule has 0 aromatic carbocycles. The molecule has 0 rings (SSSR count). The van der Waals surface area contributed by atoms with E-state index >= 15 is 0 Å². The van der Waals surface area contributed by atoms with Crippen LogP contribution in [0.25, 0.3) is 0 Å². The molecule has 0 aromatic heterocycles. The molecule has 99 heavy (non-hydrogen) atoms. The molecule has 594 valence electrons. The minimum Gasteiger partial charge on any atom is -0.462 e. The predicted molar refractivity (Wildman–Crippen MR) is 426 cm³/mol. The lowest BCUT2D eigenvalue weighted by molar-refractivity contribution is -0.151. The standard InChI is InChI=1S/C54H109N2O7P.C25H50O3.C5H14N2/c1-7-11-15-19-24-32-41-51(42-33-25-20-16-12-8-2)62-53(57)45-36-28-23-30-38-49-60-64(59,55-47-40-48-56(5)6)61-50-39-31-29-37-46-54(58)63-52(43-34-26-21-17-13-9-3)44-35-27-22-18-14-10-4;1-3-5-7-9-12-16-20-24(21-17-13-10-8-6-4-2)28-25(27)22-18-14-11-15-19-23-26;1-7(2)5-3-4-6/h51-52H,7-50H2,1-6H3,(H,55,59);24,26H,3-23H2,1-2H3;3-6H2,1-2H3. The van der Waals surface area contributed by atoms with Gasteiger partial charge in [-0.1, -0.05) is 286 Å². The van der Waals surface area contributed by atoms with Crippen molar-refractivity contribution in [2.45, 2.75) is 452 Å². The van der Waals surface area contributed by atoms with Gasteiger partial charge >= 0.3 is 25.7 Å². The number of aliphatic hydroxyl groups excluding tert-OH is 1. The van der Waals surface area contributed by atoms with E-state index in [9.17, 15) is 18.9 Å². The number of hydrogen-bond donors (Lipinski definition) is 3. The summed E-state index contributed by atoms with van der Waals surface area (Å²) in [5.74, 6) is -0.0847. The van der Waals surface area contributed by atoms with Crippen LogP contribution in [0, 0.1) is 0 Å². The second kappa shape index (κ2) is 83.6. The Morgan fingerprint density at radius 1 is 0.333 bits per heavy atom. The van der Waals surface area contributed by atoms with Crippen molar-refractivity contribution in [3.05, 3.63) is 0 Å². The van der Waals surface area contributed by atoms with Gasteiger partial charge in [-0.15, -0.1) is 0 Å². The Hall–Kier alpha value is -1.64. The number of rotatable bonds is 77. The summed E-state index contributed by atoms with van der Waals surface area (Å²) in [6.45, 7) is 17.9.